The fourth-order valence-electron chi connectivity index (χ4n) is 3.35. The van der Waals surface area contributed by atoms with Crippen LogP contribution in [0.25, 0.3) is 0 Å². The van der Waals surface area contributed by atoms with Gasteiger partial charge in [0, 0.05) is 25.3 Å². The molecule has 2 unspecified atom stereocenters. The SMILES string of the molecule is CC(=O)NCC1CC(c2ccc3c(c2)CCCCC3=O)C(=O)O1. The molecule has 1 saturated heterocycles. The van der Waals surface area contributed by atoms with Crippen molar-refractivity contribution < 1.29 is 19.1 Å². The van der Waals surface area contributed by atoms with E-state index in [4.69, 9.17) is 4.74 Å². The van der Waals surface area contributed by atoms with Gasteiger partial charge < -0.3 is 10.1 Å². The first-order valence-electron chi connectivity index (χ1n) is 8.15. The zero-order valence-corrected chi connectivity index (χ0v) is 13.3. The third kappa shape index (κ3) is 3.44. The Morgan fingerprint density at radius 1 is 1.26 bits per heavy atom. The van der Waals surface area contributed by atoms with Crippen LogP contribution in [0.5, 0.6) is 0 Å². The highest BCUT2D eigenvalue weighted by molar-refractivity contribution is 5.98. The molecule has 2 aliphatic rings. The fraction of sp³-hybridized carbons (Fsp3) is 0.500. The highest BCUT2D eigenvalue weighted by atomic mass is 16.6. The van der Waals surface area contributed by atoms with E-state index >= 15 is 0 Å². The molecule has 0 aromatic heterocycles. The third-order valence-corrected chi connectivity index (χ3v) is 4.58. The summed E-state index contributed by atoms with van der Waals surface area (Å²) in [6.07, 6.45) is 3.70. The van der Waals surface area contributed by atoms with Gasteiger partial charge in [-0.05, 0) is 30.4 Å². The minimum Gasteiger partial charge on any atom is -0.460 e. The van der Waals surface area contributed by atoms with Crippen molar-refractivity contribution in [3.8, 4) is 0 Å². The lowest BCUT2D eigenvalue weighted by Crippen LogP contribution is -2.30. The summed E-state index contributed by atoms with van der Waals surface area (Å²) in [5, 5.41) is 2.68. The van der Waals surface area contributed by atoms with E-state index in [1.165, 1.54) is 6.92 Å². The van der Waals surface area contributed by atoms with Crippen LogP contribution in [-0.2, 0) is 20.7 Å². The molecule has 1 fully saturated rings. The van der Waals surface area contributed by atoms with Crippen molar-refractivity contribution in [1.82, 2.24) is 5.32 Å². The number of rotatable bonds is 3. The second kappa shape index (κ2) is 6.52. The number of cyclic esters (lactones) is 1. The first-order chi connectivity index (χ1) is 11.0. The summed E-state index contributed by atoms with van der Waals surface area (Å²) < 4.78 is 5.35. The number of carbonyl (C=O) groups excluding carboxylic acids is 3. The quantitative estimate of drug-likeness (QED) is 0.685. The number of hydrogen-bond donors (Lipinski definition) is 1. The molecule has 1 aromatic carbocycles. The third-order valence-electron chi connectivity index (χ3n) is 4.58. The molecule has 122 valence electrons. The minimum absolute atomic E-state index is 0.131. The average Bonchev–Trinajstić information content (AvgIpc) is 2.79. The summed E-state index contributed by atoms with van der Waals surface area (Å²) in [4.78, 5) is 35.2. The fourth-order valence-corrected chi connectivity index (χ4v) is 3.35. The van der Waals surface area contributed by atoms with Crippen molar-refractivity contribution in [3.05, 3.63) is 34.9 Å². The van der Waals surface area contributed by atoms with E-state index in [1.807, 2.05) is 18.2 Å². The Labute approximate surface area is 135 Å². The summed E-state index contributed by atoms with van der Waals surface area (Å²) in [6.45, 7) is 1.79. The maximum atomic E-state index is 12.1. The number of carbonyl (C=O) groups is 3. The van der Waals surface area contributed by atoms with E-state index in [-0.39, 0.29) is 29.7 Å². The van der Waals surface area contributed by atoms with Gasteiger partial charge in [-0.1, -0.05) is 18.2 Å². The first kappa shape index (κ1) is 15.7. The predicted molar refractivity (Wildman–Crippen MR) is 84.2 cm³/mol. The van der Waals surface area contributed by atoms with Crippen molar-refractivity contribution in [2.24, 2.45) is 0 Å². The highest BCUT2D eigenvalue weighted by Gasteiger charge is 2.36. The first-order valence-corrected chi connectivity index (χ1v) is 8.15. The van der Waals surface area contributed by atoms with Gasteiger partial charge in [0.1, 0.15) is 6.10 Å². The Balaban J connectivity index is 1.77. The molecule has 0 radical (unpaired) electrons. The number of Topliss-reactive ketones (excluding diaryl/α,β-unsaturated/α-hetero) is 1. The second-order valence-corrected chi connectivity index (χ2v) is 6.33. The zero-order valence-electron chi connectivity index (χ0n) is 13.3. The molecule has 5 nitrogen and oxygen atoms in total. The van der Waals surface area contributed by atoms with Gasteiger partial charge in [-0.25, -0.2) is 0 Å². The Morgan fingerprint density at radius 3 is 2.83 bits per heavy atom. The Bertz CT molecular complexity index is 652. The number of fused-ring (bicyclic) bond motifs is 1. The van der Waals surface area contributed by atoms with Crippen LogP contribution in [0.15, 0.2) is 18.2 Å². The van der Waals surface area contributed by atoms with E-state index in [1.54, 1.807) is 0 Å². The van der Waals surface area contributed by atoms with Crippen LogP contribution < -0.4 is 5.32 Å². The van der Waals surface area contributed by atoms with Crippen LogP contribution in [0.2, 0.25) is 0 Å². The summed E-state index contributed by atoms with van der Waals surface area (Å²) in [5.74, 6) is -0.493. The largest absolute Gasteiger partial charge is 0.460 e. The maximum absolute atomic E-state index is 12.1. The highest BCUT2D eigenvalue weighted by Crippen LogP contribution is 2.33. The molecule has 1 N–H and O–H groups in total. The van der Waals surface area contributed by atoms with Crippen LogP contribution in [0.3, 0.4) is 0 Å². The molecule has 3 rings (SSSR count). The van der Waals surface area contributed by atoms with Crippen LogP contribution in [0.4, 0.5) is 0 Å². The maximum Gasteiger partial charge on any atom is 0.313 e. The normalized spacial score (nSPS) is 23.9. The number of ketones is 1. The molecular formula is C18H21NO4. The van der Waals surface area contributed by atoms with E-state index in [9.17, 15) is 14.4 Å². The molecule has 1 aliphatic heterocycles. The van der Waals surface area contributed by atoms with Gasteiger partial charge in [0.2, 0.25) is 5.91 Å². The molecule has 1 aromatic rings. The average molecular weight is 315 g/mol. The van der Waals surface area contributed by atoms with Crippen molar-refractivity contribution in [2.45, 2.75) is 51.0 Å². The second-order valence-electron chi connectivity index (χ2n) is 6.33. The van der Waals surface area contributed by atoms with Crippen LogP contribution in [0.1, 0.15) is 60.0 Å². The van der Waals surface area contributed by atoms with Crippen LogP contribution in [0, 0.1) is 0 Å². The molecule has 2 atom stereocenters. The topological polar surface area (TPSA) is 72.5 Å². The van der Waals surface area contributed by atoms with Gasteiger partial charge in [-0.2, -0.15) is 0 Å². The van der Waals surface area contributed by atoms with E-state index in [2.05, 4.69) is 5.32 Å². The zero-order chi connectivity index (χ0) is 16.4. The Hall–Kier alpha value is -2.17. The summed E-state index contributed by atoms with van der Waals surface area (Å²) >= 11 is 0. The number of aryl methyl sites for hydroxylation is 1. The Morgan fingerprint density at radius 2 is 2.04 bits per heavy atom. The van der Waals surface area contributed by atoms with Gasteiger partial charge in [0.25, 0.3) is 0 Å². The van der Waals surface area contributed by atoms with E-state index < -0.39 is 0 Å². The van der Waals surface area contributed by atoms with E-state index in [0.717, 1.165) is 36.0 Å². The molecule has 1 heterocycles. The summed E-state index contributed by atoms with van der Waals surface area (Å²) in [6, 6.07) is 5.72. The van der Waals surface area contributed by atoms with Crippen molar-refractivity contribution in [3.63, 3.8) is 0 Å². The number of benzene rings is 1. The molecule has 1 aliphatic carbocycles. The lowest BCUT2D eigenvalue weighted by molar-refractivity contribution is -0.142. The molecule has 0 bridgehead atoms. The number of amides is 1. The minimum atomic E-state index is -0.308. The van der Waals surface area contributed by atoms with Crippen LogP contribution in [-0.4, -0.2) is 30.3 Å². The smallest absolute Gasteiger partial charge is 0.313 e. The molecule has 1 amide bonds. The van der Waals surface area contributed by atoms with Gasteiger partial charge >= 0.3 is 5.97 Å². The van der Waals surface area contributed by atoms with Gasteiger partial charge in [0.15, 0.2) is 5.78 Å². The van der Waals surface area contributed by atoms with Crippen molar-refractivity contribution in [1.29, 1.82) is 0 Å². The number of ether oxygens (including phenoxy) is 1. The predicted octanol–water partition coefficient (Wildman–Crippen LogP) is 2.13. The van der Waals surface area contributed by atoms with Crippen molar-refractivity contribution in [2.75, 3.05) is 6.54 Å². The monoisotopic (exact) mass is 315 g/mol. The Kier molecular flexibility index (Phi) is 4.46. The molecule has 23 heavy (non-hydrogen) atoms. The lowest BCUT2D eigenvalue weighted by atomic mass is 9.91. The van der Waals surface area contributed by atoms with Crippen molar-refractivity contribution >= 4 is 17.7 Å². The van der Waals surface area contributed by atoms with Gasteiger partial charge in [-0.3, -0.25) is 14.4 Å². The molecule has 0 saturated carbocycles. The number of nitrogens with one attached hydrogen (secondary N) is 1. The molecule has 5 heteroatoms. The summed E-state index contributed by atoms with van der Waals surface area (Å²) in [7, 11) is 0. The summed E-state index contributed by atoms with van der Waals surface area (Å²) in [5.41, 5.74) is 2.75. The van der Waals surface area contributed by atoms with Gasteiger partial charge in [0.05, 0.1) is 12.5 Å². The van der Waals surface area contributed by atoms with Gasteiger partial charge in [-0.15, -0.1) is 0 Å². The molecular weight excluding hydrogens is 294 g/mol. The number of esters is 1. The van der Waals surface area contributed by atoms with Crippen LogP contribution >= 0.6 is 0 Å². The number of hydrogen-bond acceptors (Lipinski definition) is 4. The molecule has 0 spiro atoms. The van der Waals surface area contributed by atoms with E-state index in [0.29, 0.717) is 19.4 Å². The standard InChI is InChI=1S/C18H21NO4/c1-11(20)19-10-14-9-16(18(22)23-14)13-6-7-15-12(8-13)4-2-3-5-17(15)21/h6-8,14,16H,2-5,9-10H2,1H3,(H,19,20). The lowest BCUT2D eigenvalue weighted by Gasteiger charge is -2.11.